The maximum Gasteiger partial charge on any atom is 0.310 e. The first-order chi connectivity index (χ1) is 11.1. The van der Waals surface area contributed by atoms with E-state index in [1.807, 2.05) is 0 Å². The van der Waals surface area contributed by atoms with Crippen molar-refractivity contribution in [1.29, 1.82) is 0 Å². The maximum absolute atomic E-state index is 11.6. The van der Waals surface area contributed by atoms with E-state index < -0.39 is 17.4 Å². The number of hydrazone groups is 1. The summed E-state index contributed by atoms with van der Waals surface area (Å²) in [5.41, 5.74) is 2.71. The Balaban J connectivity index is 1.86. The number of carbonyl (C=O) groups is 1. The SMILES string of the molecule is O=C(COc1ccccc1[N+](=O)[O-])N/N=C/c1ccc(O)cc1. The van der Waals surface area contributed by atoms with Gasteiger partial charge in [0.1, 0.15) is 5.75 Å². The minimum Gasteiger partial charge on any atom is -0.508 e. The van der Waals surface area contributed by atoms with Crippen molar-refractivity contribution in [3.63, 3.8) is 0 Å². The number of amides is 1. The van der Waals surface area contributed by atoms with Crippen LogP contribution in [0.25, 0.3) is 0 Å². The van der Waals surface area contributed by atoms with E-state index in [1.165, 1.54) is 36.5 Å². The van der Waals surface area contributed by atoms with Crippen molar-refractivity contribution in [2.24, 2.45) is 5.10 Å². The van der Waals surface area contributed by atoms with Gasteiger partial charge in [0.25, 0.3) is 5.91 Å². The highest BCUT2D eigenvalue weighted by Gasteiger charge is 2.14. The smallest absolute Gasteiger partial charge is 0.310 e. The minimum absolute atomic E-state index is 0.00941. The number of phenols is 1. The number of hydrogen-bond donors (Lipinski definition) is 2. The Labute approximate surface area is 131 Å². The monoisotopic (exact) mass is 315 g/mol. The molecule has 0 spiro atoms. The van der Waals surface area contributed by atoms with E-state index in [9.17, 15) is 14.9 Å². The van der Waals surface area contributed by atoms with E-state index in [-0.39, 0.29) is 17.2 Å². The summed E-state index contributed by atoms with van der Waals surface area (Å²) in [6.45, 7) is -0.405. The molecule has 0 atom stereocenters. The average Bonchev–Trinajstić information content (AvgIpc) is 2.55. The van der Waals surface area contributed by atoms with Crippen LogP contribution in [0.1, 0.15) is 5.56 Å². The highest BCUT2D eigenvalue weighted by atomic mass is 16.6. The second-order valence-corrected chi connectivity index (χ2v) is 4.40. The first-order valence-corrected chi connectivity index (χ1v) is 6.53. The van der Waals surface area contributed by atoms with Crippen LogP contribution in [0.5, 0.6) is 11.5 Å². The molecule has 2 aromatic carbocycles. The van der Waals surface area contributed by atoms with Crippen LogP contribution in [0.4, 0.5) is 5.69 Å². The molecule has 0 fully saturated rings. The molecule has 0 radical (unpaired) electrons. The lowest BCUT2D eigenvalue weighted by Gasteiger charge is -2.05. The molecule has 0 saturated carbocycles. The Morgan fingerprint density at radius 1 is 1.26 bits per heavy atom. The maximum atomic E-state index is 11.6. The van der Waals surface area contributed by atoms with Gasteiger partial charge in [-0.1, -0.05) is 12.1 Å². The van der Waals surface area contributed by atoms with Crippen molar-refractivity contribution >= 4 is 17.8 Å². The topological polar surface area (TPSA) is 114 Å². The minimum atomic E-state index is -0.587. The Morgan fingerprint density at radius 2 is 1.96 bits per heavy atom. The molecule has 8 nitrogen and oxygen atoms in total. The van der Waals surface area contributed by atoms with Gasteiger partial charge in [0.2, 0.25) is 0 Å². The van der Waals surface area contributed by atoms with Gasteiger partial charge in [-0.2, -0.15) is 5.10 Å². The Kier molecular flexibility index (Phi) is 5.24. The third-order valence-electron chi connectivity index (χ3n) is 2.72. The summed E-state index contributed by atoms with van der Waals surface area (Å²) in [5, 5.41) is 23.7. The van der Waals surface area contributed by atoms with E-state index in [1.54, 1.807) is 18.2 Å². The van der Waals surface area contributed by atoms with E-state index >= 15 is 0 Å². The van der Waals surface area contributed by atoms with E-state index in [0.29, 0.717) is 5.56 Å². The number of ether oxygens (including phenoxy) is 1. The average molecular weight is 315 g/mol. The third kappa shape index (κ3) is 4.81. The zero-order chi connectivity index (χ0) is 16.7. The van der Waals surface area contributed by atoms with Gasteiger partial charge in [0.05, 0.1) is 11.1 Å². The van der Waals surface area contributed by atoms with Gasteiger partial charge in [0.15, 0.2) is 12.4 Å². The summed E-state index contributed by atoms with van der Waals surface area (Å²) in [7, 11) is 0. The molecule has 118 valence electrons. The molecule has 0 bridgehead atoms. The number of aromatic hydroxyl groups is 1. The molecule has 2 aromatic rings. The van der Waals surface area contributed by atoms with Crippen LogP contribution >= 0.6 is 0 Å². The number of nitro benzene ring substituents is 1. The van der Waals surface area contributed by atoms with Crippen LogP contribution in [0.3, 0.4) is 0 Å². The Morgan fingerprint density at radius 3 is 2.65 bits per heavy atom. The molecule has 1 amide bonds. The number of phenolic OH excluding ortho intramolecular Hbond substituents is 1. The van der Waals surface area contributed by atoms with E-state index in [0.717, 1.165) is 0 Å². The van der Waals surface area contributed by atoms with Crippen LogP contribution < -0.4 is 10.2 Å². The predicted molar refractivity (Wildman–Crippen MR) is 82.4 cm³/mol. The first kappa shape index (κ1) is 16.0. The molecule has 0 aromatic heterocycles. The summed E-state index contributed by atoms with van der Waals surface area (Å²) in [5.74, 6) is -0.419. The Bertz CT molecular complexity index is 728. The Hall–Kier alpha value is -3.42. The van der Waals surface area contributed by atoms with Crippen molar-refractivity contribution in [3.8, 4) is 11.5 Å². The van der Waals surface area contributed by atoms with Gasteiger partial charge >= 0.3 is 5.69 Å². The van der Waals surface area contributed by atoms with Crippen LogP contribution in [0, 0.1) is 10.1 Å². The van der Waals surface area contributed by atoms with Crippen molar-refractivity contribution in [2.75, 3.05) is 6.61 Å². The number of benzene rings is 2. The lowest BCUT2D eigenvalue weighted by molar-refractivity contribution is -0.385. The van der Waals surface area contributed by atoms with Gasteiger partial charge in [-0.05, 0) is 35.9 Å². The standard InChI is InChI=1S/C15H13N3O5/c19-12-7-5-11(6-8-12)9-16-17-15(20)10-23-14-4-2-1-3-13(14)18(21)22/h1-9,19H,10H2,(H,17,20)/b16-9+. The van der Waals surface area contributed by atoms with Crippen molar-refractivity contribution in [2.45, 2.75) is 0 Å². The normalized spacial score (nSPS) is 10.4. The molecule has 2 rings (SSSR count). The second-order valence-electron chi connectivity index (χ2n) is 4.40. The summed E-state index contributed by atoms with van der Waals surface area (Å²) < 4.78 is 5.12. The van der Waals surface area contributed by atoms with Crippen molar-refractivity contribution in [1.82, 2.24) is 5.43 Å². The number of nitrogens with one attached hydrogen (secondary N) is 1. The van der Waals surface area contributed by atoms with Crippen molar-refractivity contribution < 1.29 is 19.6 Å². The largest absolute Gasteiger partial charge is 0.508 e. The third-order valence-corrected chi connectivity index (χ3v) is 2.72. The molecule has 0 aliphatic rings. The number of para-hydroxylation sites is 2. The van der Waals surface area contributed by atoms with E-state index in [4.69, 9.17) is 9.84 Å². The molecular formula is C15H13N3O5. The van der Waals surface area contributed by atoms with Crippen LogP contribution in [0.15, 0.2) is 53.6 Å². The summed E-state index contributed by atoms with van der Waals surface area (Å²) in [4.78, 5) is 21.8. The second kappa shape index (κ2) is 7.55. The van der Waals surface area contributed by atoms with Gasteiger partial charge in [-0.15, -0.1) is 0 Å². The van der Waals surface area contributed by atoms with Crippen molar-refractivity contribution in [3.05, 3.63) is 64.2 Å². The molecule has 0 saturated heterocycles. The molecule has 0 aliphatic heterocycles. The molecule has 8 heteroatoms. The van der Waals surface area contributed by atoms with Gasteiger partial charge in [0, 0.05) is 6.07 Å². The summed E-state index contributed by atoms with van der Waals surface area (Å²) >= 11 is 0. The number of nitrogens with zero attached hydrogens (tertiary/aromatic N) is 2. The van der Waals surface area contributed by atoms with Crippen LogP contribution in [-0.2, 0) is 4.79 Å². The lowest BCUT2D eigenvalue weighted by atomic mass is 10.2. The lowest BCUT2D eigenvalue weighted by Crippen LogP contribution is -2.24. The highest BCUT2D eigenvalue weighted by molar-refractivity contribution is 5.83. The van der Waals surface area contributed by atoms with Gasteiger partial charge in [-0.3, -0.25) is 14.9 Å². The molecule has 23 heavy (non-hydrogen) atoms. The van der Waals surface area contributed by atoms with Gasteiger partial charge in [-0.25, -0.2) is 5.43 Å². The zero-order valence-electron chi connectivity index (χ0n) is 11.9. The quantitative estimate of drug-likeness (QED) is 0.479. The van der Waals surface area contributed by atoms with Crippen LogP contribution in [0.2, 0.25) is 0 Å². The number of rotatable bonds is 6. The number of carbonyl (C=O) groups excluding carboxylic acids is 1. The highest BCUT2D eigenvalue weighted by Crippen LogP contribution is 2.25. The molecule has 0 heterocycles. The fourth-order valence-electron chi connectivity index (χ4n) is 1.64. The molecule has 2 N–H and O–H groups in total. The molecular weight excluding hydrogens is 302 g/mol. The number of hydrogen-bond acceptors (Lipinski definition) is 6. The summed E-state index contributed by atoms with van der Waals surface area (Å²) in [6.07, 6.45) is 1.39. The first-order valence-electron chi connectivity index (χ1n) is 6.53. The van der Waals surface area contributed by atoms with Gasteiger partial charge < -0.3 is 9.84 Å². The molecule has 0 aliphatic carbocycles. The predicted octanol–water partition coefficient (Wildman–Crippen LogP) is 1.83. The van der Waals surface area contributed by atoms with E-state index in [2.05, 4.69) is 10.5 Å². The molecule has 0 unspecified atom stereocenters. The van der Waals surface area contributed by atoms with Crippen LogP contribution in [-0.4, -0.2) is 28.8 Å². The zero-order valence-corrected chi connectivity index (χ0v) is 11.9. The summed E-state index contributed by atoms with van der Waals surface area (Å²) in [6, 6.07) is 12.0. The fraction of sp³-hybridized carbons (Fsp3) is 0.0667. The number of nitro groups is 1. The fourth-order valence-corrected chi connectivity index (χ4v) is 1.64.